The van der Waals surface area contributed by atoms with Gasteiger partial charge in [0.2, 0.25) is 5.16 Å². The maximum atomic E-state index is 12.5. The van der Waals surface area contributed by atoms with Gasteiger partial charge in [0.15, 0.2) is 5.82 Å². The first kappa shape index (κ1) is 8.26. The third-order valence-corrected chi connectivity index (χ3v) is 1.87. The van der Waals surface area contributed by atoms with Crippen LogP contribution in [0.1, 0.15) is 5.69 Å². The second kappa shape index (κ2) is 3.04. The molecule has 0 bridgehead atoms. The molecule has 0 aliphatic carbocycles. The Morgan fingerprint density at radius 1 is 1.64 bits per heavy atom. The van der Waals surface area contributed by atoms with Crippen LogP contribution in [-0.4, -0.2) is 20.4 Å². The first-order chi connectivity index (χ1) is 5.11. The zero-order chi connectivity index (χ0) is 8.43. The highest BCUT2D eigenvalue weighted by Crippen LogP contribution is 2.02. The minimum Gasteiger partial charge on any atom is -0.251 e. The number of aromatic nitrogens is 2. The number of nitrogens with zero attached hydrogens (tertiary/aromatic N) is 2. The van der Waals surface area contributed by atoms with Crippen molar-refractivity contribution >= 4 is 10.8 Å². The van der Waals surface area contributed by atoms with Crippen molar-refractivity contribution in [3.05, 3.63) is 17.7 Å². The standard InChI is InChI=1S/C6H7FN2OS/c1-4-5(7)3-8-6(9-4)11(2)10/h3H,1-2H3. The fraction of sp³-hybridized carbons (Fsp3) is 0.333. The summed E-state index contributed by atoms with van der Waals surface area (Å²) in [5, 5.41) is 0.170. The summed E-state index contributed by atoms with van der Waals surface area (Å²) in [6, 6.07) is 0. The molecule has 1 unspecified atom stereocenters. The molecule has 0 aliphatic rings. The minimum atomic E-state index is -1.24. The third kappa shape index (κ3) is 1.80. The van der Waals surface area contributed by atoms with Crippen molar-refractivity contribution in [1.82, 2.24) is 9.97 Å². The Morgan fingerprint density at radius 2 is 2.27 bits per heavy atom. The zero-order valence-electron chi connectivity index (χ0n) is 6.17. The van der Waals surface area contributed by atoms with Gasteiger partial charge in [-0.25, -0.2) is 14.4 Å². The van der Waals surface area contributed by atoms with Gasteiger partial charge in [0.1, 0.15) is 0 Å². The molecule has 3 nitrogen and oxygen atoms in total. The average Bonchev–Trinajstić information content (AvgIpc) is 1.94. The Kier molecular flexibility index (Phi) is 2.28. The van der Waals surface area contributed by atoms with Crippen LogP contribution in [0.3, 0.4) is 0 Å². The summed E-state index contributed by atoms with van der Waals surface area (Å²) in [5.41, 5.74) is 0.227. The fourth-order valence-corrected chi connectivity index (χ4v) is 1.04. The molecular weight excluding hydrogens is 167 g/mol. The highest BCUT2D eigenvalue weighted by Gasteiger charge is 2.04. The van der Waals surface area contributed by atoms with Crippen molar-refractivity contribution in [2.75, 3.05) is 6.26 Å². The number of halogens is 1. The van der Waals surface area contributed by atoms with E-state index < -0.39 is 16.6 Å². The van der Waals surface area contributed by atoms with Gasteiger partial charge < -0.3 is 0 Å². The number of hydrogen-bond acceptors (Lipinski definition) is 3. The van der Waals surface area contributed by atoms with Gasteiger partial charge in [-0.1, -0.05) is 0 Å². The van der Waals surface area contributed by atoms with E-state index in [1.807, 2.05) is 0 Å². The predicted molar refractivity (Wildman–Crippen MR) is 39.1 cm³/mol. The van der Waals surface area contributed by atoms with Gasteiger partial charge >= 0.3 is 0 Å². The van der Waals surface area contributed by atoms with Crippen LogP contribution in [0.4, 0.5) is 4.39 Å². The van der Waals surface area contributed by atoms with Crippen molar-refractivity contribution in [2.45, 2.75) is 12.1 Å². The second-order valence-corrected chi connectivity index (χ2v) is 3.31. The van der Waals surface area contributed by atoms with Gasteiger partial charge in [0.25, 0.3) is 0 Å². The second-order valence-electron chi connectivity index (χ2n) is 2.04. The molecule has 0 amide bonds. The van der Waals surface area contributed by atoms with E-state index in [9.17, 15) is 8.60 Å². The maximum Gasteiger partial charge on any atom is 0.218 e. The molecule has 0 spiro atoms. The Hall–Kier alpha value is -0.840. The van der Waals surface area contributed by atoms with Crippen molar-refractivity contribution in [2.24, 2.45) is 0 Å². The molecule has 0 saturated heterocycles. The van der Waals surface area contributed by atoms with Crippen LogP contribution in [0.25, 0.3) is 0 Å². The molecule has 1 rings (SSSR count). The first-order valence-electron chi connectivity index (χ1n) is 2.94. The zero-order valence-corrected chi connectivity index (χ0v) is 6.98. The quantitative estimate of drug-likeness (QED) is 0.587. The lowest BCUT2D eigenvalue weighted by Gasteiger charge is -1.96. The van der Waals surface area contributed by atoms with Crippen molar-refractivity contribution < 1.29 is 8.60 Å². The van der Waals surface area contributed by atoms with Gasteiger partial charge in [-0.2, -0.15) is 0 Å². The summed E-state index contributed by atoms with van der Waals surface area (Å²) in [4.78, 5) is 7.24. The molecule has 0 aliphatic heterocycles. The van der Waals surface area contributed by atoms with E-state index >= 15 is 0 Å². The lowest BCUT2D eigenvalue weighted by molar-refractivity contribution is 0.590. The van der Waals surface area contributed by atoms with Gasteiger partial charge in [-0.15, -0.1) is 0 Å². The van der Waals surface area contributed by atoms with E-state index in [1.165, 1.54) is 13.2 Å². The van der Waals surface area contributed by atoms with Crippen molar-refractivity contribution in [3.63, 3.8) is 0 Å². The molecule has 0 radical (unpaired) electrons. The van der Waals surface area contributed by atoms with E-state index in [0.717, 1.165) is 6.20 Å². The lowest BCUT2D eigenvalue weighted by Crippen LogP contribution is -2.00. The van der Waals surface area contributed by atoms with Crippen LogP contribution in [0, 0.1) is 12.7 Å². The maximum absolute atomic E-state index is 12.5. The lowest BCUT2D eigenvalue weighted by atomic mass is 10.4. The van der Waals surface area contributed by atoms with Gasteiger partial charge in [-0.3, -0.25) is 4.21 Å². The highest BCUT2D eigenvalue weighted by molar-refractivity contribution is 7.84. The van der Waals surface area contributed by atoms with Crippen LogP contribution in [0.2, 0.25) is 0 Å². The van der Waals surface area contributed by atoms with Crippen molar-refractivity contribution in [1.29, 1.82) is 0 Å². The predicted octanol–water partition coefficient (Wildman–Crippen LogP) is 0.662. The van der Waals surface area contributed by atoms with Crippen LogP contribution >= 0.6 is 0 Å². The molecule has 0 saturated carbocycles. The fourth-order valence-electron chi connectivity index (χ4n) is 0.570. The summed E-state index contributed by atoms with van der Waals surface area (Å²) >= 11 is 0. The summed E-state index contributed by atoms with van der Waals surface area (Å²) in [7, 11) is -1.24. The molecule has 0 aromatic carbocycles. The largest absolute Gasteiger partial charge is 0.251 e. The van der Waals surface area contributed by atoms with Gasteiger partial charge in [0.05, 0.1) is 22.7 Å². The number of rotatable bonds is 1. The average molecular weight is 174 g/mol. The summed E-state index contributed by atoms with van der Waals surface area (Å²) in [5.74, 6) is -0.473. The summed E-state index contributed by atoms with van der Waals surface area (Å²) < 4.78 is 23.3. The van der Waals surface area contributed by atoms with Crippen LogP contribution in [0.5, 0.6) is 0 Å². The van der Waals surface area contributed by atoms with Crippen LogP contribution in [-0.2, 0) is 10.8 Å². The molecule has 11 heavy (non-hydrogen) atoms. The van der Waals surface area contributed by atoms with Crippen LogP contribution in [0.15, 0.2) is 11.4 Å². The highest BCUT2D eigenvalue weighted by atomic mass is 32.2. The van der Waals surface area contributed by atoms with E-state index in [4.69, 9.17) is 0 Å². The van der Waals surface area contributed by atoms with E-state index in [-0.39, 0.29) is 10.9 Å². The number of hydrogen-bond donors (Lipinski definition) is 0. The summed E-state index contributed by atoms with van der Waals surface area (Å²) in [6.45, 7) is 1.51. The Balaban J connectivity index is 3.15. The van der Waals surface area contributed by atoms with E-state index in [0.29, 0.717) is 0 Å². The molecule has 1 aromatic heterocycles. The van der Waals surface area contributed by atoms with Gasteiger partial charge in [-0.05, 0) is 6.92 Å². The molecule has 0 fully saturated rings. The topological polar surface area (TPSA) is 42.9 Å². The van der Waals surface area contributed by atoms with E-state index in [1.54, 1.807) is 0 Å². The number of aryl methyl sites for hydroxylation is 1. The smallest absolute Gasteiger partial charge is 0.218 e. The van der Waals surface area contributed by atoms with E-state index in [2.05, 4.69) is 9.97 Å². The first-order valence-corrected chi connectivity index (χ1v) is 4.49. The third-order valence-electron chi connectivity index (χ3n) is 1.15. The molecule has 1 atom stereocenters. The Bertz CT molecular complexity index is 303. The SMILES string of the molecule is Cc1nc(S(C)=O)ncc1F. The molecule has 5 heteroatoms. The Labute approximate surface area is 66.1 Å². The molecule has 60 valence electrons. The molecule has 1 aromatic rings. The normalized spacial score (nSPS) is 13.0. The summed E-state index contributed by atoms with van der Waals surface area (Å²) in [6.07, 6.45) is 2.48. The monoisotopic (exact) mass is 174 g/mol. The van der Waals surface area contributed by atoms with Crippen LogP contribution < -0.4 is 0 Å². The molecular formula is C6H7FN2OS. The molecule has 0 N–H and O–H groups in total. The minimum absolute atomic E-state index is 0.170. The molecule has 1 heterocycles. The Morgan fingerprint density at radius 3 is 2.73 bits per heavy atom. The van der Waals surface area contributed by atoms with Gasteiger partial charge in [0, 0.05) is 6.26 Å². The van der Waals surface area contributed by atoms with Crippen molar-refractivity contribution in [3.8, 4) is 0 Å².